The van der Waals surface area contributed by atoms with Gasteiger partial charge in [0.15, 0.2) is 18.1 Å². The second kappa shape index (κ2) is 11.7. The summed E-state index contributed by atoms with van der Waals surface area (Å²) in [6.45, 7) is -0.547. The van der Waals surface area contributed by atoms with E-state index in [4.69, 9.17) is 25.8 Å². The van der Waals surface area contributed by atoms with E-state index in [1.54, 1.807) is 42.5 Å². The number of carbonyl (C=O) groups is 2. The molecule has 3 aromatic rings. The Morgan fingerprint density at radius 2 is 1.63 bits per heavy atom. The lowest BCUT2D eigenvalue weighted by Gasteiger charge is -2.12. The van der Waals surface area contributed by atoms with Crippen LogP contribution in [0, 0.1) is 0 Å². The number of halogens is 1. The Hall–Kier alpha value is -3.60. The first-order valence-corrected chi connectivity index (χ1v) is 12.1. The number of hydrogen-bond donors (Lipinski definition) is 2. The molecular formula is C24H23ClN2O7S. The van der Waals surface area contributed by atoms with Gasteiger partial charge in [-0.25, -0.2) is 17.9 Å². The summed E-state index contributed by atoms with van der Waals surface area (Å²) in [5, 5.41) is 2.51. The number of rotatable bonds is 10. The Labute approximate surface area is 208 Å². The maximum atomic E-state index is 12.7. The van der Waals surface area contributed by atoms with E-state index < -0.39 is 28.5 Å². The molecule has 0 radical (unpaired) electrons. The number of hydrogen-bond acceptors (Lipinski definition) is 7. The molecule has 0 aliphatic heterocycles. The smallest absolute Gasteiger partial charge is 0.338 e. The molecule has 184 valence electrons. The van der Waals surface area contributed by atoms with Crippen molar-refractivity contribution in [3.63, 3.8) is 0 Å². The number of methoxy groups -OCH3 is 2. The lowest BCUT2D eigenvalue weighted by atomic mass is 10.2. The van der Waals surface area contributed by atoms with Gasteiger partial charge >= 0.3 is 5.97 Å². The Bertz CT molecular complexity index is 1310. The molecule has 0 atom stereocenters. The fourth-order valence-electron chi connectivity index (χ4n) is 3.01. The summed E-state index contributed by atoms with van der Waals surface area (Å²) in [5.74, 6) is -0.581. The minimum absolute atomic E-state index is 0.0461. The van der Waals surface area contributed by atoms with Gasteiger partial charge in [-0.15, -0.1) is 0 Å². The standard InChI is InChI=1S/C24H23ClN2O7S/c1-32-20-11-9-18(13-21(20)33-2)27-23(28)15-34-24(29)17-8-10-19(25)22(12-17)35(30,31)26-14-16-6-4-3-5-7-16/h3-13,26H,14-15H2,1-2H3,(H,27,28). The third-order valence-corrected chi connectivity index (χ3v) is 6.65. The first-order chi connectivity index (χ1) is 16.7. The number of esters is 1. The molecule has 0 unspecified atom stereocenters. The lowest BCUT2D eigenvalue weighted by molar-refractivity contribution is -0.119. The van der Waals surface area contributed by atoms with E-state index in [0.29, 0.717) is 17.2 Å². The molecule has 9 nitrogen and oxygen atoms in total. The van der Waals surface area contributed by atoms with E-state index >= 15 is 0 Å². The van der Waals surface area contributed by atoms with Crippen molar-refractivity contribution >= 4 is 39.2 Å². The Morgan fingerprint density at radius 3 is 2.31 bits per heavy atom. The van der Waals surface area contributed by atoms with Crippen LogP contribution in [0.4, 0.5) is 5.69 Å². The van der Waals surface area contributed by atoms with Crippen LogP contribution in [-0.4, -0.2) is 41.1 Å². The minimum Gasteiger partial charge on any atom is -0.493 e. The van der Waals surface area contributed by atoms with Crippen LogP contribution < -0.4 is 19.5 Å². The van der Waals surface area contributed by atoms with Crippen LogP contribution in [0.15, 0.2) is 71.6 Å². The summed E-state index contributed by atoms with van der Waals surface area (Å²) >= 11 is 6.08. The highest BCUT2D eigenvalue weighted by atomic mass is 35.5. The number of sulfonamides is 1. The number of ether oxygens (including phenoxy) is 3. The van der Waals surface area contributed by atoms with Gasteiger partial charge in [-0.1, -0.05) is 41.9 Å². The molecule has 0 saturated heterocycles. The van der Waals surface area contributed by atoms with Gasteiger partial charge in [-0.3, -0.25) is 4.79 Å². The number of nitrogens with one attached hydrogen (secondary N) is 2. The van der Waals surface area contributed by atoms with Gasteiger partial charge in [0, 0.05) is 18.3 Å². The molecule has 35 heavy (non-hydrogen) atoms. The highest BCUT2D eigenvalue weighted by Gasteiger charge is 2.21. The molecule has 0 aliphatic carbocycles. The monoisotopic (exact) mass is 518 g/mol. The molecule has 0 spiro atoms. The van der Waals surface area contributed by atoms with E-state index in [0.717, 1.165) is 11.6 Å². The van der Waals surface area contributed by atoms with Gasteiger partial charge in [-0.05, 0) is 35.9 Å². The molecule has 11 heteroatoms. The van der Waals surface area contributed by atoms with Gasteiger partial charge in [0.1, 0.15) is 4.90 Å². The number of benzene rings is 3. The average molecular weight is 519 g/mol. The summed E-state index contributed by atoms with van der Waals surface area (Å²) in [7, 11) is -1.07. The van der Waals surface area contributed by atoms with E-state index in [1.807, 2.05) is 6.07 Å². The third-order valence-electron chi connectivity index (χ3n) is 4.77. The maximum Gasteiger partial charge on any atom is 0.338 e. The molecule has 0 bridgehead atoms. The number of anilines is 1. The molecule has 3 rings (SSSR count). The van der Waals surface area contributed by atoms with Crippen LogP contribution in [-0.2, 0) is 26.1 Å². The van der Waals surface area contributed by atoms with E-state index in [1.165, 1.54) is 26.4 Å². The highest BCUT2D eigenvalue weighted by Crippen LogP contribution is 2.29. The summed E-state index contributed by atoms with van der Waals surface area (Å²) in [5.41, 5.74) is 1.09. The van der Waals surface area contributed by atoms with E-state index in [2.05, 4.69) is 10.0 Å². The topological polar surface area (TPSA) is 120 Å². The van der Waals surface area contributed by atoms with Crippen LogP contribution in [0.3, 0.4) is 0 Å². The minimum atomic E-state index is -4.02. The second-order valence-corrected chi connectivity index (χ2v) is 9.29. The van der Waals surface area contributed by atoms with Crippen molar-refractivity contribution in [3.05, 3.63) is 82.9 Å². The van der Waals surface area contributed by atoms with Crippen LogP contribution in [0.5, 0.6) is 11.5 Å². The zero-order valence-electron chi connectivity index (χ0n) is 18.9. The van der Waals surface area contributed by atoms with Crippen molar-refractivity contribution in [1.29, 1.82) is 0 Å². The fraction of sp³-hybridized carbons (Fsp3) is 0.167. The summed E-state index contributed by atoms with van der Waals surface area (Å²) in [6, 6.07) is 17.4. The Balaban J connectivity index is 1.63. The zero-order valence-corrected chi connectivity index (χ0v) is 20.5. The number of carbonyl (C=O) groups excluding carboxylic acids is 2. The summed E-state index contributed by atoms with van der Waals surface area (Å²) < 4.78 is 43.3. The Kier molecular flexibility index (Phi) is 8.69. The Morgan fingerprint density at radius 1 is 0.914 bits per heavy atom. The van der Waals surface area contributed by atoms with Crippen molar-refractivity contribution < 1.29 is 32.2 Å². The highest BCUT2D eigenvalue weighted by molar-refractivity contribution is 7.89. The normalized spacial score (nSPS) is 10.9. The van der Waals surface area contributed by atoms with Gasteiger partial charge in [0.25, 0.3) is 5.91 Å². The molecule has 1 amide bonds. The molecule has 2 N–H and O–H groups in total. The predicted molar refractivity (Wildman–Crippen MR) is 130 cm³/mol. The van der Waals surface area contributed by atoms with Crippen molar-refractivity contribution in [2.24, 2.45) is 0 Å². The number of amides is 1. The summed E-state index contributed by atoms with van der Waals surface area (Å²) in [6.07, 6.45) is 0. The molecule has 0 saturated carbocycles. The van der Waals surface area contributed by atoms with Gasteiger partial charge in [0.2, 0.25) is 10.0 Å². The quantitative estimate of drug-likeness (QED) is 0.393. The molecule has 0 heterocycles. The molecule has 0 fully saturated rings. The summed E-state index contributed by atoms with van der Waals surface area (Å²) in [4.78, 5) is 24.4. The third kappa shape index (κ3) is 6.95. The van der Waals surface area contributed by atoms with Gasteiger partial charge < -0.3 is 19.5 Å². The van der Waals surface area contributed by atoms with Crippen molar-refractivity contribution in [1.82, 2.24) is 4.72 Å². The van der Waals surface area contributed by atoms with Crippen molar-refractivity contribution in [3.8, 4) is 11.5 Å². The largest absolute Gasteiger partial charge is 0.493 e. The second-order valence-electron chi connectivity index (χ2n) is 7.15. The molecular weight excluding hydrogens is 496 g/mol. The predicted octanol–water partition coefficient (Wildman–Crippen LogP) is 3.63. The SMILES string of the molecule is COc1ccc(NC(=O)COC(=O)c2ccc(Cl)c(S(=O)(=O)NCc3ccccc3)c2)cc1OC. The molecule has 0 aliphatic rings. The average Bonchev–Trinajstić information content (AvgIpc) is 2.86. The van der Waals surface area contributed by atoms with Crippen molar-refractivity contribution in [2.75, 3.05) is 26.1 Å². The van der Waals surface area contributed by atoms with Gasteiger partial charge in [0.05, 0.1) is 24.8 Å². The molecule has 3 aromatic carbocycles. The fourth-order valence-corrected chi connectivity index (χ4v) is 4.56. The maximum absolute atomic E-state index is 12.7. The lowest BCUT2D eigenvalue weighted by Crippen LogP contribution is -2.24. The van der Waals surface area contributed by atoms with E-state index in [9.17, 15) is 18.0 Å². The van der Waals surface area contributed by atoms with Crippen molar-refractivity contribution in [2.45, 2.75) is 11.4 Å². The first kappa shape index (κ1) is 26.0. The van der Waals surface area contributed by atoms with E-state index in [-0.39, 0.29) is 22.0 Å². The molecule has 0 aromatic heterocycles. The van der Waals surface area contributed by atoms with Crippen LogP contribution in [0.25, 0.3) is 0 Å². The van der Waals surface area contributed by atoms with Crippen LogP contribution in [0.1, 0.15) is 15.9 Å². The van der Waals surface area contributed by atoms with Crippen LogP contribution >= 0.6 is 11.6 Å². The van der Waals surface area contributed by atoms with Gasteiger partial charge in [-0.2, -0.15) is 0 Å². The zero-order chi connectivity index (χ0) is 25.4. The first-order valence-electron chi connectivity index (χ1n) is 10.3. The van der Waals surface area contributed by atoms with Crippen LogP contribution in [0.2, 0.25) is 5.02 Å².